The first-order chi connectivity index (χ1) is 18.2. The highest BCUT2D eigenvalue weighted by atomic mass is 32.2. The number of nitrogens with zero attached hydrogens (tertiary/aromatic N) is 1. The molecule has 3 N–H and O–H groups in total. The van der Waals surface area contributed by atoms with E-state index in [1.54, 1.807) is 66.3 Å². The number of nitrogens with one attached hydrogen (secondary N) is 1. The molecule has 1 atom stereocenters. The molecule has 0 saturated heterocycles. The van der Waals surface area contributed by atoms with E-state index >= 15 is 0 Å². The number of carbonyl (C=O) groups is 2. The first-order valence-electron chi connectivity index (χ1n) is 12.1. The summed E-state index contributed by atoms with van der Waals surface area (Å²) in [4.78, 5) is 25.5. The molecule has 1 aliphatic heterocycles. The van der Waals surface area contributed by atoms with E-state index in [1.807, 2.05) is 6.92 Å². The number of aryl methyl sites for hydroxylation is 2. The molecule has 0 radical (unpaired) electrons. The second-order valence-electron chi connectivity index (χ2n) is 9.20. The minimum absolute atomic E-state index is 0.000778. The molecule has 5 rings (SSSR count). The molecule has 2 heterocycles. The van der Waals surface area contributed by atoms with Gasteiger partial charge in [0.25, 0.3) is 10.0 Å². The Bertz CT molecular complexity index is 1660. The number of ether oxygens (including phenoxy) is 2. The van der Waals surface area contributed by atoms with Crippen LogP contribution in [-0.2, 0) is 28.3 Å². The summed E-state index contributed by atoms with van der Waals surface area (Å²) in [6, 6.07) is 16.5. The van der Waals surface area contributed by atoms with Crippen LogP contribution in [0.5, 0.6) is 11.5 Å². The average molecular weight is 534 g/mol. The number of benzene rings is 3. The summed E-state index contributed by atoms with van der Waals surface area (Å²) >= 11 is 0. The Morgan fingerprint density at radius 3 is 2.47 bits per heavy atom. The maximum atomic E-state index is 13.8. The van der Waals surface area contributed by atoms with E-state index in [0.717, 1.165) is 18.4 Å². The van der Waals surface area contributed by atoms with Gasteiger partial charge in [0.05, 0.1) is 10.8 Å². The van der Waals surface area contributed by atoms with Crippen LogP contribution in [0.4, 0.5) is 0 Å². The molecule has 196 valence electrons. The van der Waals surface area contributed by atoms with Gasteiger partial charge in [0, 0.05) is 29.7 Å². The molecule has 0 saturated carbocycles. The van der Waals surface area contributed by atoms with Gasteiger partial charge < -0.3 is 19.8 Å². The fraction of sp³-hybridized carbons (Fsp3) is 0.214. The Kier molecular flexibility index (Phi) is 6.58. The van der Waals surface area contributed by atoms with Crippen molar-refractivity contribution in [2.75, 3.05) is 6.79 Å². The van der Waals surface area contributed by atoms with Gasteiger partial charge in [0.1, 0.15) is 0 Å². The lowest BCUT2D eigenvalue weighted by Crippen LogP contribution is -2.35. The van der Waals surface area contributed by atoms with Crippen molar-refractivity contribution in [1.29, 1.82) is 0 Å². The van der Waals surface area contributed by atoms with Crippen LogP contribution in [0.15, 0.2) is 71.8 Å². The van der Waals surface area contributed by atoms with Gasteiger partial charge in [0.15, 0.2) is 11.5 Å². The number of hydrogen-bond acceptors (Lipinski definition) is 6. The number of nitrogens with two attached hydrogens (primary N) is 1. The lowest BCUT2D eigenvalue weighted by Gasteiger charge is -2.18. The minimum Gasteiger partial charge on any atom is -0.454 e. The van der Waals surface area contributed by atoms with E-state index in [0.29, 0.717) is 39.1 Å². The highest BCUT2D eigenvalue weighted by Crippen LogP contribution is 2.39. The number of carbonyl (C=O) groups excluding carboxylic acids is 2. The first-order valence-corrected chi connectivity index (χ1v) is 13.6. The van der Waals surface area contributed by atoms with Crippen LogP contribution in [0.1, 0.15) is 46.3 Å². The van der Waals surface area contributed by atoms with Crippen molar-refractivity contribution in [2.24, 2.45) is 12.8 Å². The molecular formula is C28H27N3O6S. The van der Waals surface area contributed by atoms with Crippen LogP contribution < -0.4 is 19.9 Å². The number of primary amides is 1. The Labute approximate surface area is 220 Å². The van der Waals surface area contributed by atoms with Crippen molar-refractivity contribution in [3.05, 3.63) is 89.1 Å². The van der Waals surface area contributed by atoms with Crippen LogP contribution >= 0.6 is 0 Å². The third kappa shape index (κ3) is 4.70. The second kappa shape index (κ2) is 9.86. The summed E-state index contributed by atoms with van der Waals surface area (Å²) in [6.45, 7) is 2.10. The molecule has 0 aliphatic carbocycles. The molecule has 1 aliphatic rings. The van der Waals surface area contributed by atoms with Gasteiger partial charge in [-0.1, -0.05) is 37.6 Å². The van der Waals surface area contributed by atoms with Gasteiger partial charge in [-0.2, -0.15) is 0 Å². The van der Waals surface area contributed by atoms with E-state index in [9.17, 15) is 18.0 Å². The molecule has 1 aromatic heterocycles. The van der Waals surface area contributed by atoms with Crippen molar-refractivity contribution in [2.45, 2.75) is 30.6 Å². The molecule has 38 heavy (non-hydrogen) atoms. The Hall–Kier alpha value is -4.31. The Morgan fingerprint density at radius 1 is 1.03 bits per heavy atom. The van der Waals surface area contributed by atoms with Crippen LogP contribution in [0.2, 0.25) is 0 Å². The van der Waals surface area contributed by atoms with Gasteiger partial charge >= 0.3 is 0 Å². The molecular weight excluding hydrogens is 506 g/mol. The smallest absolute Gasteiger partial charge is 0.264 e. The molecule has 0 bridgehead atoms. The van der Waals surface area contributed by atoms with E-state index in [2.05, 4.69) is 4.72 Å². The number of hydrogen-bond donors (Lipinski definition) is 2. The van der Waals surface area contributed by atoms with Crippen LogP contribution in [0.3, 0.4) is 0 Å². The van der Waals surface area contributed by atoms with Crippen LogP contribution in [-0.4, -0.2) is 31.6 Å². The zero-order chi connectivity index (χ0) is 27.0. The van der Waals surface area contributed by atoms with Crippen molar-refractivity contribution in [3.63, 3.8) is 0 Å². The maximum absolute atomic E-state index is 13.8. The van der Waals surface area contributed by atoms with Gasteiger partial charge in [-0.25, -0.2) is 13.1 Å². The normalized spacial score (nSPS) is 13.4. The van der Waals surface area contributed by atoms with Crippen molar-refractivity contribution >= 4 is 32.7 Å². The molecule has 1 unspecified atom stereocenters. The van der Waals surface area contributed by atoms with E-state index < -0.39 is 27.8 Å². The minimum atomic E-state index is -4.15. The van der Waals surface area contributed by atoms with Crippen LogP contribution in [0.25, 0.3) is 10.9 Å². The van der Waals surface area contributed by atoms with Crippen molar-refractivity contribution in [3.8, 4) is 11.5 Å². The Morgan fingerprint density at radius 2 is 1.76 bits per heavy atom. The first kappa shape index (κ1) is 25.3. The lowest BCUT2D eigenvalue weighted by molar-refractivity contribution is -0.119. The van der Waals surface area contributed by atoms with Crippen molar-refractivity contribution < 1.29 is 27.5 Å². The highest BCUT2D eigenvalue weighted by molar-refractivity contribution is 7.90. The maximum Gasteiger partial charge on any atom is 0.264 e. The third-order valence-electron chi connectivity index (χ3n) is 6.62. The SMILES string of the molecule is CCCc1ccc(S(=O)(=O)NC(=O)C(c2ccc3c(c2)OCO3)c2cn(C)c3cc(C(N)=O)ccc23)cc1. The van der Waals surface area contributed by atoms with Gasteiger partial charge in [-0.05, 0) is 59.5 Å². The number of amides is 2. The molecule has 10 heteroatoms. The average Bonchev–Trinajstić information content (AvgIpc) is 3.48. The molecule has 0 spiro atoms. The summed E-state index contributed by atoms with van der Waals surface area (Å²) in [5.74, 6) is -1.31. The monoisotopic (exact) mass is 533 g/mol. The van der Waals surface area contributed by atoms with Gasteiger partial charge in [0.2, 0.25) is 18.6 Å². The van der Waals surface area contributed by atoms with Gasteiger partial charge in [-0.15, -0.1) is 0 Å². The fourth-order valence-electron chi connectivity index (χ4n) is 4.74. The predicted octanol–water partition coefficient (Wildman–Crippen LogP) is 3.60. The molecule has 3 aromatic carbocycles. The highest BCUT2D eigenvalue weighted by Gasteiger charge is 2.31. The van der Waals surface area contributed by atoms with E-state index in [1.165, 1.54) is 12.1 Å². The zero-order valence-electron chi connectivity index (χ0n) is 20.9. The summed E-state index contributed by atoms with van der Waals surface area (Å²) in [6.07, 6.45) is 3.51. The summed E-state index contributed by atoms with van der Waals surface area (Å²) in [5, 5.41) is 0.677. The zero-order valence-corrected chi connectivity index (χ0v) is 21.7. The number of aromatic nitrogens is 1. The predicted molar refractivity (Wildman–Crippen MR) is 142 cm³/mol. The summed E-state index contributed by atoms with van der Waals surface area (Å²) in [7, 11) is -2.37. The lowest BCUT2D eigenvalue weighted by atomic mass is 9.90. The molecule has 9 nitrogen and oxygen atoms in total. The third-order valence-corrected chi connectivity index (χ3v) is 7.98. The van der Waals surface area contributed by atoms with E-state index in [-0.39, 0.29) is 11.7 Å². The number of rotatable bonds is 8. The summed E-state index contributed by atoms with van der Waals surface area (Å²) in [5.41, 5.74) is 8.55. The van der Waals surface area contributed by atoms with E-state index in [4.69, 9.17) is 15.2 Å². The second-order valence-corrected chi connectivity index (χ2v) is 10.9. The molecule has 2 amide bonds. The Balaban J connectivity index is 1.58. The largest absolute Gasteiger partial charge is 0.454 e. The topological polar surface area (TPSA) is 130 Å². The number of fused-ring (bicyclic) bond motifs is 2. The fourth-order valence-corrected chi connectivity index (χ4v) is 5.73. The van der Waals surface area contributed by atoms with Crippen LogP contribution in [0, 0.1) is 0 Å². The molecule has 4 aromatic rings. The quantitative estimate of drug-likeness (QED) is 0.356. The summed E-state index contributed by atoms with van der Waals surface area (Å²) < 4.78 is 41.4. The van der Waals surface area contributed by atoms with Crippen molar-refractivity contribution in [1.82, 2.24) is 9.29 Å². The number of sulfonamides is 1. The van der Waals surface area contributed by atoms with Gasteiger partial charge in [-0.3, -0.25) is 9.59 Å². The molecule has 0 fully saturated rings. The standard InChI is InChI=1S/C28H27N3O6S/c1-3-4-17-5-9-20(10-6-17)38(34,35)30-28(33)26(18-8-12-24-25(14-18)37-16-36-24)22-15-31(2)23-13-19(27(29)32)7-11-21(22)23/h5-15,26H,3-4,16H2,1-2H3,(H2,29,32)(H,30,33).